The number of aliphatic hydroxyl groups is 1. The molecule has 0 fully saturated rings. The van der Waals surface area contributed by atoms with Crippen molar-refractivity contribution >= 4 is 0 Å². The van der Waals surface area contributed by atoms with Gasteiger partial charge in [-0.05, 0) is 37.2 Å². The minimum atomic E-state index is -0.565. The van der Waals surface area contributed by atoms with E-state index in [1.54, 1.807) is 0 Å². The van der Waals surface area contributed by atoms with E-state index >= 15 is 0 Å². The summed E-state index contributed by atoms with van der Waals surface area (Å²) in [6.07, 6.45) is -0.0636. The summed E-state index contributed by atoms with van der Waals surface area (Å²) in [5.74, 6) is 0.238. The smallest absolute Gasteiger partial charge is 0.123 e. The molecule has 0 heterocycles. The molecule has 14 heavy (non-hydrogen) atoms. The molecule has 0 aromatic heterocycles. The van der Waals surface area contributed by atoms with Crippen molar-refractivity contribution in [2.45, 2.75) is 12.5 Å². The Bertz CT molecular complexity index is 263. The van der Waals surface area contributed by atoms with Gasteiger partial charge in [-0.1, -0.05) is 0 Å². The number of halogens is 1. The first-order valence-corrected chi connectivity index (χ1v) is 4.49. The van der Waals surface area contributed by atoms with Crippen LogP contribution in [0.2, 0.25) is 0 Å². The lowest BCUT2D eigenvalue weighted by Crippen LogP contribution is -2.21. The van der Waals surface area contributed by atoms with Crippen LogP contribution in [0.4, 0.5) is 4.39 Å². The first kappa shape index (κ1) is 10.9. The van der Waals surface area contributed by atoms with E-state index in [1.807, 2.05) is 0 Å². The molecule has 4 heteroatoms. The van der Waals surface area contributed by atoms with Gasteiger partial charge in [0.25, 0.3) is 0 Å². The van der Waals surface area contributed by atoms with E-state index in [4.69, 9.17) is 10.5 Å². The van der Waals surface area contributed by atoms with Crippen molar-refractivity contribution in [2.24, 2.45) is 5.73 Å². The Balaban J connectivity index is 2.34. The maximum Gasteiger partial charge on any atom is 0.123 e. The van der Waals surface area contributed by atoms with Crippen LogP contribution < -0.4 is 10.5 Å². The second kappa shape index (κ2) is 5.57. The molecule has 3 N–H and O–H groups in total. The van der Waals surface area contributed by atoms with Crippen LogP contribution in [0, 0.1) is 5.82 Å². The summed E-state index contributed by atoms with van der Waals surface area (Å²) in [5.41, 5.74) is 5.25. The molecular weight excluding hydrogens is 185 g/mol. The highest BCUT2D eigenvalue weighted by Crippen LogP contribution is 2.11. The molecule has 1 aromatic rings. The van der Waals surface area contributed by atoms with Gasteiger partial charge < -0.3 is 15.6 Å². The Morgan fingerprint density at radius 2 is 2.00 bits per heavy atom. The van der Waals surface area contributed by atoms with E-state index < -0.39 is 6.10 Å². The van der Waals surface area contributed by atoms with E-state index in [1.165, 1.54) is 24.3 Å². The maximum absolute atomic E-state index is 12.5. The Morgan fingerprint density at radius 3 is 2.57 bits per heavy atom. The molecule has 0 saturated carbocycles. The van der Waals surface area contributed by atoms with Crippen molar-refractivity contribution in [2.75, 3.05) is 13.2 Å². The lowest BCUT2D eigenvalue weighted by atomic mass is 10.3. The number of benzene rings is 1. The van der Waals surface area contributed by atoms with Crippen LogP contribution in [-0.4, -0.2) is 24.4 Å². The highest BCUT2D eigenvalue weighted by atomic mass is 19.1. The molecule has 0 saturated heterocycles. The zero-order chi connectivity index (χ0) is 10.4. The van der Waals surface area contributed by atoms with Crippen LogP contribution in [0.1, 0.15) is 6.42 Å². The minimum Gasteiger partial charge on any atom is -0.491 e. The van der Waals surface area contributed by atoms with Crippen LogP contribution >= 0.6 is 0 Å². The number of ether oxygens (including phenoxy) is 1. The van der Waals surface area contributed by atoms with Crippen molar-refractivity contribution < 1.29 is 14.2 Å². The van der Waals surface area contributed by atoms with Gasteiger partial charge in [0, 0.05) is 0 Å². The number of aliphatic hydroxyl groups excluding tert-OH is 1. The lowest BCUT2D eigenvalue weighted by molar-refractivity contribution is 0.102. The van der Waals surface area contributed by atoms with Crippen molar-refractivity contribution in [3.05, 3.63) is 30.1 Å². The van der Waals surface area contributed by atoms with Gasteiger partial charge >= 0.3 is 0 Å². The molecule has 0 aliphatic carbocycles. The molecule has 1 rings (SSSR count). The highest BCUT2D eigenvalue weighted by molar-refractivity contribution is 5.21. The van der Waals surface area contributed by atoms with Crippen molar-refractivity contribution in [1.82, 2.24) is 0 Å². The predicted molar refractivity (Wildman–Crippen MR) is 51.6 cm³/mol. The third kappa shape index (κ3) is 3.72. The summed E-state index contributed by atoms with van der Waals surface area (Å²) >= 11 is 0. The molecule has 1 atom stereocenters. The standard InChI is InChI=1S/C10H14FNO2/c11-8-1-3-10(4-2-8)14-7-9(13)5-6-12/h1-4,9,13H,5-7,12H2. The average Bonchev–Trinajstić information content (AvgIpc) is 2.17. The van der Waals surface area contributed by atoms with E-state index in [-0.39, 0.29) is 12.4 Å². The van der Waals surface area contributed by atoms with Gasteiger partial charge in [0.05, 0.1) is 6.10 Å². The van der Waals surface area contributed by atoms with Gasteiger partial charge in [0.1, 0.15) is 18.2 Å². The number of rotatable bonds is 5. The molecule has 3 nitrogen and oxygen atoms in total. The first-order valence-electron chi connectivity index (χ1n) is 4.49. The van der Waals surface area contributed by atoms with Crippen LogP contribution in [0.5, 0.6) is 5.75 Å². The fourth-order valence-corrected chi connectivity index (χ4v) is 0.999. The molecule has 1 aromatic carbocycles. The fraction of sp³-hybridized carbons (Fsp3) is 0.400. The molecule has 0 spiro atoms. The van der Waals surface area contributed by atoms with Gasteiger partial charge in [-0.2, -0.15) is 0 Å². The predicted octanol–water partition coefficient (Wildman–Crippen LogP) is 0.914. The summed E-state index contributed by atoms with van der Waals surface area (Å²) in [5, 5.41) is 9.29. The molecule has 0 amide bonds. The topological polar surface area (TPSA) is 55.5 Å². The Labute approximate surface area is 82.3 Å². The van der Waals surface area contributed by atoms with Crippen molar-refractivity contribution in [3.8, 4) is 5.75 Å². The van der Waals surface area contributed by atoms with Crippen LogP contribution in [0.3, 0.4) is 0 Å². The summed E-state index contributed by atoms with van der Waals surface area (Å²) in [7, 11) is 0. The quantitative estimate of drug-likeness (QED) is 0.741. The largest absolute Gasteiger partial charge is 0.491 e. The molecule has 0 bridgehead atoms. The van der Waals surface area contributed by atoms with Gasteiger partial charge in [-0.25, -0.2) is 4.39 Å². The zero-order valence-electron chi connectivity index (χ0n) is 7.82. The first-order chi connectivity index (χ1) is 6.72. The number of hydrogen-bond donors (Lipinski definition) is 2. The summed E-state index contributed by atoms with van der Waals surface area (Å²) < 4.78 is 17.7. The fourth-order valence-electron chi connectivity index (χ4n) is 0.999. The molecule has 0 aliphatic heterocycles. The SMILES string of the molecule is NCCC(O)COc1ccc(F)cc1. The summed E-state index contributed by atoms with van der Waals surface area (Å²) in [6, 6.07) is 5.66. The Morgan fingerprint density at radius 1 is 1.36 bits per heavy atom. The van der Waals surface area contributed by atoms with Gasteiger partial charge in [0.15, 0.2) is 0 Å². The lowest BCUT2D eigenvalue weighted by Gasteiger charge is -2.10. The molecule has 0 radical (unpaired) electrons. The molecule has 78 valence electrons. The maximum atomic E-state index is 12.5. The van der Waals surface area contributed by atoms with Crippen molar-refractivity contribution in [1.29, 1.82) is 0 Å². The molecule has 1 unspecified atom stereocenters. The van der Waals surface area contributed by atoms with Crippen molar-refractivity contribution in [3.63, 3.8) is 0 Å². The second-order valence-electron chi connectivity index (χ2n) is 3.00. The van der Waals surface area contributed by atoms with Crippen LogP contribution in [-0.2, 0) is 0 Å². The monoisotopic (exact) mass is 199 g/mol. The normalized spacial score (nSPS) is 12.5. The van der Waals surface area contributed by atoms with Crippen LogP contribution in [0.15, 0.2) is 24.3 Å². The minimum absolute atomic E-state index is 0.183. The Kier molecular flexibility index (Phi) is 4.35. The molecular formula is C10H14FNO2. The second-order valence-corrected chi connectivity index (χ2v) is 3.00. The third-order valence-electron chi connectivity index (χ3n) is 1.76. The Hall–Kier alpha value is -1.13. The van der Waals surface area contributed by atoms with Gasteiger partial charge in [-0.15, -0.1) is 0 Å². The third-order valence-corrected chi connectivity index (χ3v) is 1.76. The zero-order valence-corrected chi connectivity index (χ0v) is 7.82. The van der Waals surface area contributed by atoms with E-state index in [2.05, 4.69) is 0 Å². The summed E-state index contributed by atoms with van der Waals surface area (Å²) in [4.78, 5) is 0. The highest BCUT2D eigenvalue weighted by Gasteiger charge is 2.03. The van der Waals surface area contributed by atoms with Gasteiger partial charge in [-0.3, -0.25) is 0 Å². The average molecular weight is 199 g/mol. The van der Waals surface area contributed by atoms with E-state index in [9.17, 15) is 9.50 Å². The number of hydrogen-bond acceptors (Lipinski definition) is 3. The van der Waals surface area contributed by atoms with Gasteiger partial charge in [0.2, 0.25) is 0 Å². The van der Waals surface area contributed by atoms with Crippen LogP contribution in [0.25, 0.3) is 0 Å². The van der Waals surface area contributed by atoms with E-state index in [0.717, 1.165) is 0 Å². The number of nitrogens with two attached hydrogens (primary N) is 1. The summed E-state index contributed by atoms with van der Waals surface area (Å²) in [6.45, 7) is 0.608. The molecule has 0 aliphatic rings. The van der Waals surface area contributed by atoms with E-state index in [0.29, 0.717) is 18.7 Å².